The first-order chi connectivity index (χ1) is 13.7. The van der Waals surface area contributed by atoms with E-state index in [-0.39, 0.29) is 6.79 Å². The molecule has 0 amide bonds. The average molecular weight is 375 g/mol. The van der Waals surface area contributed by atoms with Crippen LogP contribution in [0.4, 0.5) is 5.69 Å². The molecule has 1 heterocycles. The lowest BCUT2D eigenvalue weighted by molar-refractivity contribution is 0.174. The van der Waals surface area contributed by atoms with Crippen LogP contribution in [-0.4, -0.2) is 19.6 Å². The molecular weight excluding hydrogens is 354 g/mol. The number of fused-ring (bicyclic) bond motifs is 1. The smallest absolute Gasteiger partial charge is 0.231 e. The number of ether oxygens (including phenoxy) is 4. The summed E-state index contributed by atoms with van der Waals surface area (Å²) in [7, 11) is 0. The van der Waals surface area contributed by atoms with Gasteiger partial charge >= 0.3 is 0 Å². The van der Waals surface area contributed by atoms with Crippen LogP contribution in [0.5, 0.6) is 28.7 Å². The Morgan fingerprint density at radius 2 is 1.57 bits per heavy atom. The minimum Gasteiger partial charge on any atom is -0.493 e. The van der Waals surface area contributed by atoms with Crippen molar-refractivity contribution in [3.8, 4) is 28.7 Å². The van der Waals surface area contributed by atoms with Crippen LogP contribution in [0.25, 0.3) is 0 Å². The maximum Gasteiger partial charge on any atom is 0.231 e. The van der Waals surface area contributed by atoms with Gasteiger partial charge in [0.15, 0.2) is 11.5 Å². The molecule has 3 aromatic carbocycles. The third kappa shape index (κ3) is 4.09. The predicted octanol–water partition coefficient (Wildman–Crippen LogP) is 5.67. The third-order valence-corrected chi connectivity index (χ3v) is 4.25. The van der Waals surface area contributed by atoms with Gasteiger partial charge in [-0.3, -0.25) is 4.99 Å². The van der Waals surface area contributed by atoms with Crippen LogP contribution in [-0.2, 0) is 0 Å². The SMILES string of the molecule is CCOc1cc2c(cc1C=Nc1ccc(Oc3ccc(C)cc3)cc1)OCO2. The van der Waals surface area contributed by atoms with Gasteiger partial charge in [0.25, 0.3) is 0 Å². The predicted molar refractivity (Wildman–Crippen MR) is 109 cm³/mol. The number of hydrogen-bond donors (Lipinski definition) is 0. The maximum absolute atomic E-state index is 5.85. The Hall–Kier alpha value is -3.47. The number of benzene rings is 3. The fraction of sp³-hybridized carbons (Fsp3) is 0.174. The van der Waals surface area contributed by atoms with Crippen molar-refractivity contribution in [3.05, 3.63) is 71.8 Å². The highest BCUT2D eigenvalue weighted by molar-refractivity contribution is 5.87. The lowest BCUT2D eigenvalue weighted by Crippen LogP contribution is -1.96. The van der Waals surface area contributed by atoms with E-state index in [0.717, 1.165) is 28.5 Å². The molecule has 0 bridgehead atoms. The Morgan fingerprint density at radius 3 is 2.25 bits per heavy atom. The Balaban J connectivity index is 1.49. The Morgan fingerprint density at radius 1 is 0.929 bits per heavy atom. The van der Waals surface area contributed by atoms with Crippen molar-refractivity contribution in [1.82, 2.24) is 0 Å². The monoisotopic (exact) mass is 375 g/mol. The maximum atomic E-state index is 5.85. The lowest BCUT2D eigenvalue weighted by atomic mass is 10.2. The van der Waals surface area contributed by atoms with E-state index < -0.39 is 0 Å². The van der Waals surface area contributed by atoms with Crippen LogP contribution >= 0.6 is 0 Å². The van der Waals surface area contributed by atoms with Gasteiger partial charge in [-0.15, -0.1) is 0 Å². The summed E-state index contributed by atoms with van der Waals surface area (Å²) in [6.45, 7) is 4.78. The summed E-state index contributed by atoms with van der Waals surface area (Å²) in [6.07, 6.45) is 1.77. The van der Waals surface area contributed by atoms with E-state index in [1.54, 1.807) is 6.21 Å². The zero-order valence-corrected chi connectivity index (χ0v) is 15.8. The molecule has 0 radical (unpaired) electrons. The molecule has 142 valence electrons. The molecular formula is C23H21NO4. The number of rotatable bonds is 6. The summed E-state index contributed by atoms with van der Waals surface area (Å²) < 4.78 is 22.4. The molecule has 0 spiro atoms. The molecule has 1 aliphatic heterocycles. The van der Waals surface area contributed by atoms with E-state index in [1.165, 1.54) is 5.56 Å². The first-order valence-electron chi connectivity index (χ1n) is 9.16. The van der Waals surface area contributed by atoms with E-state index in [0.29, 0.717) is 18.1 Å². The molecule has 0 saturated heterocycles. The van der Waals surface area contributed by atoms with E-state index in [9.17, 15) is 0 Å². The van der Waals surface area contributed by atoms with Crippen molar-refractivity contribution in [2.45, 2.75) is 13.8 Å². The van der Waals surface area contributed by atoms with Crippen molar-refractivity contribution in [3.63, 3.8) is 0 Å². The van der Waals surface area contributed by atoms with Gasteiger partial charge in [-0.05, 0) is 56.3 Å². The molecule has 0 atom stereocenters. The van der Waals surface area contributed by atoms with E-state index >= 15 is 0 Å². The van der Waals surface area contributed by atoms with Crippen LogP contribution in [0, 0.1) is 6.92 Å². The standard InChI is InChI=1S/C23H21NO4/c1-3-25-21-13-23-22(26-15-27-23)12-17(21)14-24-18-6-10-20(11-7-18)28-19-8-4-16(2)5-9-19/h4-14H,3,15H2,1-2H3. The Bertz CT molecular complexity index is 979. The minimum atomic E-state index is 0.226. The number of hydrogen-bond acceptors (Lipinski definition) is 5. The highest BCUT2D eigenvalue weighted by Crippen LogP contribution is 2.37. The Kier molecular flexibility index (Phi) is 5.15. The van der Waals surface area contributed by atoms with Crippen molar-refractivity contribution < 1.29 is 18.9 Å². The fourth-order valence-corrected chi connectivity index (χ4v) is 2.81. The third-order valence-electron chi connectivity index (χ3n) is 4.25. The second kappa shape index (κ2) is 8.05. The quantitative estimate of drug-likeness (QED) is 0.521. The van der Waals surface area contributed by atoms with Crippen LogP contribution in [0.1, 0.15) is 18.1 Å². The van der Waals surface area contributed by atoms with Gasteiger partial charge in [-0.2, -0.15) is 0 Å². The molecule has 28 heavy (non-hydrogen) atoms. The lowest BCUT2D eigenvalue weighted by Gasteiger charge is -2.08. The molecule has 3 aromatic rings. The summed E-state index contributed by atoms with van der Waals surface area (Å²) >= 11 is 0. The van der Waals surface area contributed by atoms with Gasteiger partial charge < -0.3 is 18.9 Å². The average Bonchev–Trinajstić information content (AvgIpc) is 3.16. The second-order valence-corrected chi connectivity index (χ2v) is 6.34. The minimum absolute atomic E-state index is 0.226. The molecule has 4 rings (SSSR count). The largest absolute Gasteiger partial charge is 0.493 e. The molecule has 0 fully saturated rings. The van der Waals surface area contributed by atoms with Crippen LogP contribution < -0.4 is 18.9 Å². The zero-order chi connectivity index (χ0) is 19.3. The van der Waals surface area contributed by atoms with Crippen molar-refractivity contribution in [1.29, 1.82) is 0 Å². The summed E-state index contributed by atoms with van der Waals surface area (Å²) in [4.78, 5) is 4.55. The molecule has 0 saturated carbocycles. The molecule has 0 aliphatic carbocycles. The molecule has 5 nitrogen and oxygen atoms in total. The highest BCUT2D eigenvalue weighted by atomic mass is 16.7. The molecule has 5 heteroatoms. The van der Waals surface area contributed by atoms with Gasteiger partial charge in [0.05, 0.1) is 12.3 Å². The first kappa shape index (κ1) is 17.9. The van der Waals surface area contributed by atoms with Crippen molar-refractivity contribution in [2.75, 3.05) is 13.4 Å². The van der Waals surface area contributed by atoms with Gasteiger partial charge in [-0.1, -0.05) is 17.7 Å². The Labute approximate surface area is 164 Å². The summed E-state index contributed by atoms with van der Waals surface area (Å²) in [5.41, 5.74) is 2.86. The second-order valence-electron chi connectivity index (χ2n) is 6.34. The molecule has 0 aromatic heterocycles. The number of aliphatic imine (C=N–C) groups is 1. The highest BCUT2D eigenvalue weighted by Gasteiger charge is 2.17. The van der Waals surface area contributed by atoms with Crippen LogP contribution in [0.3, 0.4) is 0 Å². The zero-order valence-electron chi connectivity index (χ0n) is 15.8. The molecule has 0 unspecified atom stereocenters. The molecule has 0 N–H and O–H groups in total. The van der Waals surface area contributed by atoms with Gasteiger partial charge in [0, 0.05) is 17.8 Å². The van der Waals surface area contributed by atoms with E-state index in [1.807, 2.05) is 74.5 Å². The van der Waals surface area contributed by atoms with Crippen molar-refractivity contribution >= 4 is 11.9 Å². The first-order valence-corrected chi connectivity index (χ1v) is 9.16. The van der Waals surface area contributed by atoms with Crippen molar-refractivity contribution in [2.24, 2.45) is 4.99 Å². The number of nitrogens with zero attached hydrogens (tertiary/aromatic N) is 1. The van der Waals surface area contributed by atoms with Crippen LogP contribution in [0.15, 0.2) is 65.7 Å². The number of aryl methyl sites for hydroxylation is 1. The van der Waals surface area contributed by atoms with Gasteiger partial charge in [0.1, 0.15) is 17.2 Å². The van der Waals surface area contributed by atoms with Gasteiger partial charge in [-0.25, -0.2) is 0 Å². The summed E-state index contributed by atoms with van der Waals surface area (Å²) in [5, 5.41) is 0. The topological polar surface area (TPSA) is 49.3 Å². The molecule has 1 aliphatic rings. The normalized spacial score (nSPS) is 12.4. The van der Waals surface area contributed by atoms with Gasteiger partial charge in [0.2, 0.25) is 6.79 Å². The van der Waals surface area contributed by atoms with Crippen LogP contribution in [0.2, 0.25) is 0 Å². The van der Waals surface area contributed by atoms with E-state index in [4.69, 9.17) is 18.9 Å². The fourth-order valence-electron chi connectivity index (χ4n) is 2.81. The summed E-state index contributed by atoms with van der Waals surface area (Å²) in [5.74, 6) is 3.68. The van der Waals surface area contributed by atoms with E-state index in [2.05, 4.69) is 4.99 Å². The summed E-state index contributed by atoms with van der Waals surface area (Å²) in [6, 6.07) is 19.3.